The van der Waals surface area contributed by atoms with E-state index in [1.54, 1.807) is 0 Å². The van der Waals surface area contributed by atoms with Crippen LogP contribution in [0, 0.1) is 0 Å². The summed E-state index contributed by atoms with van der Waals surface area (Å²) in [5.41, 5.74) is 5.94. The van der Waals surface area contributed by atoms with Crippen molar-refractivity contribution in [1.29, 1.82) is 0 Å². The lowest BCUT2D eigenvalue weighted by atomic mass is 9.78. The fraction of sp³-hybridized carbons (Fsp3) is 0.923. The molecule has 5 heteroatoms. The van der Waals surface area contributed by atoms with Gasteiger partial charge in [0.1, 0.15) is 0 Å². The number of hydrogen-bond acceptors (Lipinski definition) is 3. The van der Waals surface area contributed by atoms with Crippen molar-refractivity contribution in [1.82, 2.24) is 5.32 Å². The van der Waals surface area contributed by atoms with Crippen LogP contribution in [0.5, 0.6) is 0 Å². The van der Waals surface area contributed by atoms with E-state index < -0.39 is 0 Å². The summed E-state index contributed by atoms with van der Waals surface area (Å²) in [5, 5.41) is 2.95. The first-order chi connectivity index (χ1) is 8.18. The van der Waals surface area contributed by atoms with Crippen LogP contribution in [-0.2, 0) is 9.53 Å². The van der Waals surface area contributed by atoms with Crippen molar-refractivity contribution in [2.24, 2.45) is 5.73 Å². The van der Waals surface area contributed by atoms with Gasteiger partial charge in [-0.3, -0.25) is 4.79 Å². The third-order valence-electron chi connectivity index (χ3n) is 3.95. The summed E-state index contributed by atoms with van der Waals surface area (Å²) < 4.78 is 5.60. The smallest absolute Gasteiger partial charge is 0.220 e. The molecule has 3 N–H and O–H groups in total. The predicted octanol–water partition coefficient (Wildman–Crippen LogP) is 1.76. The minimum Gasteiger partial charge on any atom is -0.378 e. The van der Waals surface area contributed by atoms with Crippen molar-refractivity contribution in [3.05, 3.63) is 0 Å². The Kier molecular flexibility index (Phi) is 6.39. The van der Waals surface area contributed by atoms with E-state index in [9.17, 15) is 4.79 Å². The van der Waals surface area contributed by atoms with Gasteiger partial charge in [0.2, 0.25) is 5.91 Å². The highest BCUT2D eigenvalue weighted by Crippen LogP contribution is 2.28. The Morgan fingerprint density at radius 2 is 2.11 bits per heavy atom. The summed E-state index contributed by atoms with van der Waals surface area (Å²) in [4.78, 5) is 11.7. The van der Waals surface area contributed by atoms with Crippen LogP contribution in [0.1, 0.15) is 51.4 Å². The molecular weight excluding hydrogens is 252 g/mol. The molecule has 1 aliphatic carbocycles. The molecule has 1 saturated heterocycles. The van der Waals surface area contributed by atoms with E-state index in [-0.39, 0.29) is 23.9 Å². The van der Waals surface area contributed by atoms with Crippen LogP contribution < -0.4 is 11.1 Å². The fourth-order valence-corrected chi connectivity index (χ4v) is 2.50. The Bertz CT molecular complexity index is 264. The maximum Gasteiger partial charge on any atom is 0.220 e. The zero-order valence-electron chi connectivity index (χ0n) is 11.0. The van der Waals surface area contributed by atoms with E-state index in [4.69, 9.17) is 10.5 Å². The molecule has 0 spiro atoms. The highest BCUT2D eigenvalue weighted by atomic mass is 35.5. The molecule has 2 fully saturated rings. The first kappa shape index (κ1) is 15.7. The van der Waals surface area contributed by atoms with E-state index in [2.05, 4.69) is 5.32 Å². The number of carbonyl (C=O) groups excluding carboxylic acids is 1. The molecule has 1 amide bonds. The molecule has 1 atom stereocenters. The average molecular weight is 277 g/mol. The van der Waals surface area contributed by atoms with Gasteiger partial charge in [-0.2, -0.15) is 0 Å². The Hall–Kier alpha value is -0.320. The van der Waals surface area contributed by atoms with Crippen molar-refractivity contribution >= 4 is 18.3 Å². The number of carbonyl (C=O) groups is 1. The van der Waals surface area contributed by atoms with Crippen molar-refractivity contribution in [3.63, 3.8) is 0 Å². The van der Waals surface area contributed by atoms with Gasteiger partial charge >= 0.3 is 0 Å². The normalized spacial score (nSPS) is 25.7. The molecule has 0 bridgehead atoms. The molecule has 0 radical (unpaired) electrons. The van der Waals surface area contributed by atoms with Gasteiger partial charge in [0.15, 0.2) is 0 Å². The quantitative estimate of drug-likeness (QED) is 0.804. The van der Waals surface area contributed by atoms with E-state index in [1.807, 2.05) is 0 Å². The zero-order chi connectivity index (χ0) is 12.1. The van der Waals surface area contributed by atoms with E-state index in [1.165, 1.54) is 19.3 Å². The second-order valence-electron chi connectivity index (χ2n) is 5.52. The van der Waals surface area contributed by atoms with Gasteiger partial charge in [-0.05, 0) is 44.9 Å². The number of ether oxygens (including phenoxy) is 1. The van der Waals surface area contributed by atoms with Gasteiger partial charge in [0, 0.05) is 25.1 Å². The van der Waals surface area contributed by atoms with Gasteiger partial charge in [0.25, 0.3) is 0 Å². The predicted molar refractivity (Wildman–Crippen MR) is 73.9 cm³/mol. The van der Waals surface area contributed by atoms with Crippen LogP contribution >= 0.6 is 12.4 Å². The second kappa shape index (κ2) is 7.31. The molecule has 2 aliphatic rings. The van der Waals surface area contributed by atoms with Gasteiger partial charge in [-0.25, -0.2) is 0 Å². The van der Waals surface area contributed by atoms with Crippen molar-refractivity contribution in [2.45, 2.75) is 63.0 Å². The molecular formula is C13H25ClN2O2. The third kappa shape index (κ3) is 4.75. The molecule has 1 heterocycles. The largest absolute Gasteiger partial charge is 0.378 e. The standard InChI is InChI=1S/C13H24N2O2.ClH/c14-13(7-3-8-13)10-15-12(16)6-5-11-4-1-2-9-17-11;/h11H,1-10,14H2,(H,15,16);1H. The zero-order valence-corrected chi connectivity index (χ0v) is 11.8. The fourth-order valence-electron chi connectivity index (χ4n) is 2.50. The first-order valence-electron chi connectivity index (χ1n) is 6.85. The Balaban J connectivity index is 0.00000162. The van der Waals surface area contributed by atoms with Gasteiger partial charge in [0.05, 0.1) is 6.10 Å². The SMILES string of the molecule is Cl.NC1(CNC(=O)CCC2CCCCO2)CCC1. The molecule has 1 saturated carbocycles. The average Bonchev–Trinajstić information content (AvgIpc) is 2.33. The van der Waals surface area contributed by atoms with Crippen molar-refractivity contribution < 1.29 is 9.53 Å². The minimum absolute atomic E-state index is 0. The topological polar surface area (TPSA) is 64.3 Å². The van der Waals surface area contributed by atoms with Crippen LogP contribution in [0.3, 0.4) is 0 Å². The summed E-state index contributed by atoms with van der Waals surface area (Å²) in [5.74, 6) is 0.121. The molecule has 0 aromatic rings. The van der Waals surface area contributed by atoms with Crippen LogP contribution in [0.2, 0.25) is 0 Å². The number of amides is 1. The van der Waals surface area contributed by atoms with E-state index in [0.717, 1.165) is 32.3 Å². The lowest BCUT2D eigenvalue weighted by molar-refractivity contribution is -0.122. The summed E-state index contributed by atoms with van der Waals surface area (Å²) in [6.07, 6.45) is 8.50. The lowest BCUT2D eigenvalue weighted by Crippen LogP contribution is -2.54. The van der Waals surface area contributed by atoms with Gasteiger partial charge in [-0.1, -0.05) is 0 Å². The van der Waals surface area contributed by atoms with Crippen LogP contribution in [0.25, 0.3) is 0 Å². The van der Waals surface area contributed by atoms with Gasteiger partial charge < -0.3 is 15.8 Å². The lowest BCUT2D eigenvalue weighted by Gasteiger charge is -2.38. The summed E-state index contributed by atoms with van der Waals surface area (Å²) in [6.45, 7) is 1.50. The molecule has 106 valence electrons. The molecule has 1 unspecified atom stereocenters. The number of nitrogens with two attached hydrogens (primary N) is 1. The van der Waals surface area contributed by atoms with E-state index >= 15 is 0 Å². The number of nitrogens with one attached hydrogen (secondary N) is 1. The monoisotopic (exact) mass is 276 g/mol. The molecule has 2 rings (SSSR count). The molecule has 1 aliphatic heterocycles. The summed E-state index contributed by atoms with van der Waals surface area (Å²) in [6, 6.07) is 0. The highest BCUT2D eigenvalue weighted by molar-refractivity contribution is 5.85. The Morgan fingerprint density at radius 1 is 1.33 bits per heavy atom. The second-order valence-corrected chi connectivity index (χ2v) is 5.52. The summed E-state index contributed by atoms with van der Waals surface area (Å²) in [7, 11) is 0. The van der Waals surface area contributed by atoms with Gasteiger partial charge in [-0.15, -0.1) is 12.4 Å². The highest BCUT2D eigenvalue weighted by Gasteiger charge is 2.32. The van der Waals surface area contributed by atoms with Crippen molar-refractivity contribution in [2.75, 3.05) is 13.2 Å². The number of halogens is 1. The molecule has 0 aromatic carbocycles. The van der Waals surface area contributed by atoms with Crippen LogP contribution in [0.15, 0.2) is 0 Å². The van der Waals surface area contributed by atoms with Crippen molar-refractivity contribution in [3.8, 4) is 0 Å². The number of rotatable bonds is 5. The van der Waals surface area contributed by atoms with E-state index in [0.29, 0.717) is 19.1 Å². The van der Waals surface area contributed by atoms with Crippen LogP contribution in [0.4, 0.5) is 0 Å². The Labute approximate surface area is 115 Å². The van der Waals surface area contributed by atoms with Crippen LogP contribution in [-0.4, -0.2) is 30.7 Å². The Morgan fingerprint density at radius 3 is 2.67 bits per heavy atom. The maximum atomic E-state index is 11.7. The minimum atomic E-state index is -0.114. The number of hydrogen-bond donors (Lipinski definition) is 2. The summed E-state index contributed by atoms with van der Waals surface area (Å²) >= 11 is 0. The molecule has 4 nitrogen and oxygen atoms in total. The molecule has 0 aromatic heterocycles. The molecule has 18 heavy (non-hydrogen) atoms. The first-order valence-corrected chi connectivity index (χ1v) is 6.85. The third-order valence-corrected chi connectivity index (χ3v) is 3.95. The maximum absolute atomic E-state index is 11.7.